The van der Waals surface area contributed by atoms with Crippen LogP contribution in [0.4, 0.5) is 4.79 Å². The van der Waals surface area contributed by atoms with E-state index in [1.165, 1.54) is 51.4 Å². The van der Waals surface area contributed by atoms with Gasteiger partial charge in [0, 0.05) is 6.54 Å². The lowest BCUT2D eigenvalue weighted by Gasteiger charge is -2.13. The molecule has 5 nitrogen and oxygen atoms in total. The molecule has 0 aromatic rings. The Morgan fingerprint density at radius 1 is 0.870 bits per heavy atom. The van der Waals surface area contributed by atoms with Crippen LogP contribution in [0.3, 0.4) is 0 Å². The molecule has 0 radical (unpaired) electrons. The summed E-state index contributed by atoms with van der Waals surface area (Å²) in [5.41, 5.74) is 0. The minimum atomic E-state index is -1.08. The Bertz CT molecular complexity index is 307. The third kappa shape index (κ3) is 14.1. The van der Waals surface area contributed by atoms with Gasteiger partial charge in [-0.05, 0) is 12.8 Å². The molecule has 0 aromatic heterocycles. The third-order valence-corrected chi connectivity index (χ3v) is 3.88. The third-order valence-electron chi connectivity index (χ3n) is 3.88. The molecule has 0 aliphatic heterocycles. The number of carboxylic acids is 1. The molecule has 1 atom stereocenters. The summed E-state index contributed by atoms with van der Waals surface area (Å²) in [6.45, 7) is 4.64. The maximum absolute atomic E-state index is 11.5. The molecule has 136 valence electrons. The van der Waals surface area contributed by atoms with Crippen LogP contribution in [0, 0.1) is 0 Å². The molecule has 1 amide bonds. The summed E-state index contributed by atoms with van der Waals surface area (Å²) in [7, 11) is 0. The van der Waals surface area contributed by atoms with Gasteiger partial charge in [0.15, 0.2) is 0 Å². The minimum absolute atomic E-state index is 0.348. The molecule has 0 aromatic carbocycles. The Morgan fingerprint density at radius 2 is 1.39 bits per heavy atom. The van der Waals surface area contributed by atoms with Crippen LogP contribution in [0.25, 0.3) is 0 Å². The molecular formula is C18H35NO4. The number of hydrogen-bond acceptors (Lipinski definition) is 3. The largest absolute Gasteiger partial charge is 0.479 e. The van der Waals surface area contributed by atoms with E-state index < -0.39 is 18.2 Å². The van der Waals surface area contributed by atoms with E-state index in [4.69, 9.17) is 9.84 Å². The zero-order valence-corrected chi connectivity index (χ0v) is 14.9. The highest BCUT2D eigenvalue weighted by Crippen LogP contribution is 2.10. The van der Waals surface area contributed by atoms with E-state index in [1.807, 2.05) is 6.92 Å². The lowest BCUT2D eigenvalue weighted by Crippen LogP contribution is -2.33. The van der Waals surface area contributed by atoms with Gasteiger partial charge in [0.1, 0.15) is 0 Å². The number of amides is 1. The summed E-state index contributed by atoms with van der Waals surface area (Å²) in [4.78, 5) is 22.4. The number of unbranched alkanes of at least 4 members (excludes halogenated alkanes) is 9. The van der Waals surface area contributed by atoms with Gasteiger partial charge in [-0.2, -0.15) is 0 Å². The van der Waals surface area contributed by atoms with Gasteiger partial charge < -0.3 is 15.2 Å². The lowest BCUT2D eigenvalue weighted by atomic mass is 10.1. The highest BCUT2D eigenvalue weighted by Gasteiger charge is 2.20. The number of carbonyl (C=O) groups is 2. The zero-order valence-electron chi connectivity index (χ0n) is 14.9. The molecule has 0 aliphatic rings. The fourth-order valence-corrected chi connectivity index (χ4v) is 2.47. The Balaban J connectivity index is 3.43. The average Bonchev–Trinajstić information content (AvgIpc) is 2.52. The van der Waals surface area contributed by atoms with Gasteiger partial charge in [-0.15, -0.1) is 0 Å². The Morgan fingerprint density at radius 3 is 1.87 bits per heavy atom. The van der Waals surface area contributed by atoms with Crippen LogP contribution in [0.1, 0.15) is 90.9 Å². The van der Waals surface area contributed by atoms with Crippen molar-refractivity contribution >= 4 is 12.1 Å². The second-order valence-corrected chi connectivity index (χ2v) is 6.13. The Kier molecular flexibility index (Phi) is 14.8. The van der Waals surface area contributed by atoms with Crippen molar-refractivity contribution in [2.24, 2.45) is 0 Å². The van der Waals surface area contributed by atoms with Crippen LogP contribution in [0.2, 0.25) is 0 Å². The van der Waals surface area contributed by atoms with Crippen molar-refractivity contribution in [3.8, 4) is 0 Å². The molecule has 5 heteroatoms. The quantitative estimate of drug-likeness (QED) is 0.420. The average molecular weight is 329 g/mol. The molecule has 2 N–H and O–H groups in total. The Labute approximate surface area is 141 Å². The van der Waals surface area contributed by atoms with Gasteiger partial charge in [0.25, 0.3) is 0 Å². The van der Waals surface area contributed by atoms with Gasteiger partial charge in [-0.3, -0.25) is 0 Å². The highest BCUT2D eigenvalue weighted by molar-refractivity contribution is 5.77. The molecule has 0 heterocycles. The van der Waals surface area contributed by atoms with Crippen LogP contribution in [0.15, 0.2) is 0 Å². The summed E-state index contributed by atoms with van der Waals surface area (Å²) in [6.07, 6.45) is 11.8. The van der Waals surface area contributed by atoms with Gasteiger partial charge in [0.05, 0.1) is 0 Å². The van der Waals surface area contributed by atoms with Crippen molar-refractivity contribution in [3.63, 3.8) is 0 Å². The van der Waals surface area contributed by atoms with Crippen molar-refractivity contribution < 1.29 is 19.4 Å². The van der Waals surface area contributed by atoms with Crippen LogP contribution in [0.5, 0.6) is 0 Å². The van der Waals surface area contributed by atoms with Crippen molar-refractivity contribution in [3.05, 3.63) is 0 Å². The molecule has 0 spiro atoms. The van der Waals surface area contributed by atoms with E-state index in [-0.39, 0.29) is 0 Å². The first-order valence-electron chi connectivity index (χ1n) is 9.29. The number of aliphatic carboxylic acids is 1. The van der Waals surface area contributed by atoms with E-state index in [2.05, 4.69) is 12.2 Å². The number of nitrogens with one attached hydrogen (secondary N) is 1. The molecule has 0 fully saturated rings. The molecule has 23 heavy (non-hydrogen) atoms. The maximum atomic E-state index is 11.5. The van der Waals surface area contributed by atoms with Gasteiger partial charge >= 0.3 is 12.1 Å². The van der Waals surface area contributed by atoms with E-state index in [9.17, 15) is 9.59 Å². The van der Waals surface area contributed by atoms with Crippen molar-refractivity contribution in [2.45, 2.75) is 97.0 Å². The standard InChI is InChI=1S/C18H35NO4/c1-3-5-6-7-8-9-10-11-12-13-15-19-18(22)23-16(14-4-2)17(20)21/h16H,3-15H2,1-2H3,(H,19,22)(H,20,21). The first-order valence-corrected chi connectivity index (χ1v) is 9.29. The number of carbonyl (C=O) groups excluding carboxylic acids is 1. The van der Waals surface area contributed by atoms with Crippen molar-refractivity contribution in [1.82, 2.24) is 5.32 Å². The summed E-state index contributed by atoms with van der Waals surface area (Å²) < 4.78 is 4.89. The first-order chi connectivity index (χ1) is 11.1. The number of ether oxygens (including phenoxy) is 1. The van der Waals surface area contributed by atoms with Crippen molar-refractivity contribution in [2.75, 3.05) is 6.54 Å². The molecule has 0 bridgehead atoms. The number of carboxylic acid groups (broad SMARTS) is 1. The smallest absolute Gasteiger partial charge is 0.407 e. The molecule has 1 unspecified atom stereocenters. The second-order valence-electron chi connectivity index (χ2n) is 6.13. The molecule has 0 rings (SSSR count). The second kappa shape index (κ2) is 15.6. The summed E-state index contributed by atoms with van der Waals surface area (Å²) in [6, 6.07) is 0. The fourth-order valence-electron chi connectivity index (χ4n) is 2.47. The molecule has 0 saturated heterocycles. The predicted octanol–water partition coefficient (Wildman–Crippen LogP) is 4.89. The Hall–Kier alpha value is -1.26. The SMILES string of the molecule is CCCCCCCCCCCCNC(=O)OC(CCC)C(=O)O. The fraction of sp³-hybridized carbons (Fsp3) is 0.889. The summed E-state index contributed by atoms with van der Waals surface area (Å²) in [5.74, 6) is -1.08. The summed E-state index contributed by atoms with van der Waals surface area (Å²) in [5, 5.41) is 11.5. The van der Waals surface area contributed by atoms with Gasteiger partial charge in [0.2, 0.25) is 6.10 Å². The van der Waals surface area contributed by atoms with E-state index >= 15 is 0 Å². The van der Waals surface area contributed by atoms with Crippen LogP contribution >= 0.6 is 0 Å². The van der Waals surface area contributed by atoms with E-state index in [0.717, 1.165) is 12.8 Å². The summed E-state index contributed by atoms with van der Waals surface area (Å²) >= 11 is 0. The zero-order chi connectivity index (χ0) is 17.3. The lowest BCUT2D eigenvalue weighted by molar-refractivity contribution is -0.147. The first kappa shape index (κ1) is 21.7. The van der Waals surface area contributed by atoms with Gasteiger partial charge in [-0.25, -0.2) is 9.59 Å². The number of rotatable bonds is 15. The van der Waals surface area contributed by atoms with Crippen molar-refractivity contribution in [1.29, 1.82) is 0 Å². The van der Waals surface area contributed by atoms with E-state index in [1.54, 1.807) is 0 Å². The molecule has 0 aliphatic carbocycles. The normalized spacial score (nSPS) is 11.9. The minimum Gasteiger partial charge on any atom is -0.479 e. The van der Waals surface area contributed by atoms with E-state index in [0.29, 0.717) is 19.4 Å². The number of hydrogen-bond donors (Lipinski definition) is 2. The maximum Gasteiger partial charge on any atom is 0.407 e. The topological polar surface area (TPSA) is 75.6 Å². The van der Waals surface area contributed by atoms with Crippen LogP contribution < -0.4 is 5.32 Å². The van der Waals surface area contributed by atoms with Crippen LogP contribution in [-0.2, 0) is 9.53 Å². The van der Waals surface area contributed by atoms with Gasteiger partial charge in [-0.1, -0.05) is 78.1 Å². The monoisotopic (exact) mass is 329 g/mol. The molecule has 0 saturated carbocycles. The molecular weight excluding hydrogens is 294 g/mol. The highest BCUT2D eigenvalue weighted by atomic mass is 16.6. The van der Waals surface area contributed by atoms with Crippen LogP contribution in [-0.4, -0.2) is 29.8 Å². The predicted molar refractivity (Wildman–Crippen MR) is 92.7 cm³/mol. The number of alkyl carbamates (subject to hydrolysis) is 1.